The number of hydrogen-bond donors (Lipinski definition) is 1. The quantitative estimate of drug-likeness (QED) is 0.404. The maximum absolute atomic E-state index is 13.5. The van der Waals surface area contributed by atoms with E-state index in [1.165, 1.54) is 31.2 Å². The van der Waals surface area contributed by atoms with Crippen LogP contribution < -0.4 is 5.56 Å². The lowest BCUT2D eigenvalue weighted by Gasteiger charge is -2.15. The van der Waals surface area contributed by atoms with E-state index in [4.69, 9.17) is 4.42 Å². The van der Waals surface area contributed by atoms with Crippen LogP contribution in [0.2, 0.25) is 0 Å². The Labute approximate surface area is 190 Å². The Morgan fingerprint density at radius 3 is 2.53 bits per heavy atom. The molecule has 0 aliphatic heterocycles. The van der Waals surface area contributed by atoms with E-state index in [1.807, 2.05) is 12.1 Å². The van der Waals surface area contributed by atoms with E-state index in [9.17, 15) is 24.3 Å². The van der Waals surface area contributed by atoms with Gasteiger partial charge in [-0.2, -0.15) is 5.26 Å². The summed E-state index contributed by atoms with van der Waals surface area (Å²) in [7, 11) is 0. The van der Waals surface area contributed by atoms with Gasteiger partial charge in [-0.25, -0.2) is 4.39 Å². The van der Waals surface area contributed by atoms with Gasteiger partial charge < -0.3 is 9.52 Å². The number of furan rings is 1. The van der Waals surface area contributed by atoms with Crippen molar-refractivity contribution < 1.29 is 18.7 Å². The fourth-order valence-electron chi connectivity index (χ4n) is 3.67. The lowest BCUT2D eigenvalue weighted by atomic mass is 9.98. The summed E-state index contributed by atoms with van der Waals surface area (Å²) >= 11 is 3.39. The van der Waals surface area contributed by atoms with Gasteiger partial charge in [-0.1, -0.05) is 28.1 Å². The molecule has 8 heteroatoms. The highest BCUT2D eigenvalue weighted by atomic mass is 79.9. The first kappa shape index (κ1) is 21.5. The highest BCUT2D eigenvalue weighted by molar-refractivity contribution is 9.10. The number of rotatable bonds is 4. The monoisotopic (exact) mass is 494 g/mol. The fourth-order valence-corrected chi connectivity index (χ4v) is 4.03. The molecule has 0 radical (unpaired) electrons. The van der Waals surface area contributed by atoms with Gasteiger partial charge in [-0.3, -0.25) is 14.2 Å². The topological polar surface area (TPSA) is 96.2 Å². The van der Waals surface area contributed by atoms with Gasteiger partial charge in [0.05, 0.1) is 12.1 Å². The predicted octanol–water partition coefficient (Wildman–Crippen LogP) is 4.97. The van der Waals surface area contributed by atoms with Crippen LogP contribution >= 0.6 is 15.9 Å². The van der Waals surface area contributed by atoms with E-state index in [0.717, 1.165) is 14.4 Å². The van der Waals surface area contributed by atoms with Crippen molar-refractivity contribution in [3.63, 3.8) is 0 Å². The molecule has 0 bridgehead atoms. The summed E-state index contributed by atoms with van der Waals surface area (Å²) in [5, 5.41) is 21.2. The van der Waals surface area contributed by atoms with Crippen LogP contribution in [0.1, 0.15) is 38.4 Å². The SMILES string of the molecule is Cc1c(C(=O)c2oc3ccc(Br)cc3c2C)c(O)n(Cc2ccc(F)cc2)c(=O)c1C#N. The van der Waals surface area contributed by atoms with Crippen LogP contribution in [0, 0.1) is 31.0 Å². The average Bonchev–Trinajstić information content (AvgIpc) is 3.08. The minimum Gasteiger partial charge on any atom is -0.494 e. The van der Waals surface area contributed by atoms with Crippen LogP contribution in [0.4, 0.5) is 4.39 Å². The van der Waals surface area contributed by atoms with E-state index in [2.05, 4.69) is 15.9 Å². The molecule has 0 spiro atoms. The number of benzene rings is 2. The largest absolute Gasteiger partial charge is 0.494 e. The summed E-state index contributed by atoms with van der Waals surface area (Å²) in [5.41, 5.74) is 0.449. The van der Waals surface area contributed by atoms with Gasteiger partial charge in [0.2, 0.25) is 11.7 Å². The van der Waals surface area contributed by atoms with Crippen molar-refractivity contribution >= 4 is 32.7 Å². The molecule has 0 saturated carbocycles. The minimum absolute atomic E-state index is 0.00682. The average molecular weight is 495 g/mol. The van der Waals surface area contributed by atoms with Crippen LogP contribution in [0.5, 0.6) is 5.88 Å². The summed E-state index contributed by atoms with van der Waals surface area (Å²) in [4.78, 5) is 26.3. The highest BCUT2D eigenvalue weighted by Gasteiger charge is 2.28. The van der Waals surface area contributed by atoms with Crippen molar-refractivity contribution in [2.75, 3.05) is 0 Å². The number of ketones is 1. The molecule has 0 amide bonds. The van der Waals surface area contributed by atoms with E-state index >= 15 is 0 Å². The van der Waals surface area contributed by atoms with Crippen molar-refractivity contribution in [2.24, 2.45) is 0 Å². The second-order valence-corrected chi connectivity index (χ2v) is 8.27. The van der Waals surface area contributed by atoms with Gasteiger partial charge >= 0.3 is 0 Å². The van der Waals surface area contributed by atoms with E-state index in [-0.39, 0.29) is 29.0 Å². The van der Waals surface area contributed by atoms with Crippen LogP contribution in [-0.2, 0) is 6.54 Å². The van der Waals surface area contributed by atoms with Crippen LogP contribution in [0.15, 0.2) is 56.1 Å². The highest BCUT2D eigenvalue weighted by Crippen LogP contribution is 2.32. The maximum Gasteiger partial charge on any atom is 0.271 e. The number of pyridine rings is 1. The summed E-state index contributed by atoms with van der Waals surface area (Å²) in [6.07, 6.45) is 0. The maximum atomic E-state index is 13.5. The van der Waals surface area contributed by atoms with Crippen LogP contribution in [0.3, 0.4) is 0 Å². The first-order chi connectivity index (χ1) is 15.2. The summed E-state index contributed by atoms with van der Waals surface area (Å²) in [6, 6.07) is 12.5. The molecule has 0 saturated heterocycles. The van der Waals surface area contributed by atoms with Crippen molar-refractivity contribution in [3.8, 4) is 11.9 Å². The van der Waals surface area contributed by atoms with Gasteiger partial charge in [0.15, 0.2) is 5.76 Å². The van der Waals surface area contributed by atoms with Gasteiger partial charge in [0.1, 0.15) is 23.0 Å². The second-order valence-electron chi connectivity index (χ2n) is 7.35. The number of nitrogens with zero attached hydrogens (tertiary/aromatic N) is 2. The number of hydrogen-bond acceptors (Lipinski definition) is 5. The molecule has 0 fully saturated rings. The van der Waals surface area contributed by atoms with Crippen molar-refractivity contribution in [1.29, 1.82) is 5.26 Å². The van der Waals surface area contributed by atoms with Gasteiger partial charge in [0.25, 0.3) is 5.56 Å². The molecule has 160 valence electrons. The zero-order valence-electron chi connectivity index (χ0n) is 17.1. The number of carbonyl (C=O) groups is 1. The molecule has 2 heterocycles. The molecule has 0 aliphatic carbocycles. The third kappa shape index (κ3) is 3.51. The number of carbonyl (C=O) groups excluding carboxylic acids is 1. The number of halogens is 2. The molecule has 0 atom stereocenters. The van der Waals surface area contributed by atoms with Gasteiger partial charge in [0, 0.05) is 15.4 Å². The molecule has 2 aromatic heterocycles. The van der Waals surface area contributed by atoms with Crippen molar-refractivity contribution in [2.45, 2.75) is 20.4 Å². The Bertz CT molecular complexity index is 1490. The first-order valence-corrected chi connectivity index (χ1v) is 10.4. The Kier molecular flexibility index (Phi) is 5.45. The summed E-state index contributed by atoms with van der Waals surface area (Å²) in [5.74, 6) is -1.67. The lowest BCUT2D eigenvalue weighted by molar-refractivity contribution is 0.101. The molecule has 4 aromatic rings. The number of fused-ring (bicyclic) bond motifs is 1. The normalized spacial score (nSPS) is 11.0. The molecule has 0 unspecified atom stereocenters. The number of aromatic nitrogens is 1. The third-order valence-electron chi connectivity index (χ3n) is 5.39. The van der Waals surface area contributed by atoms with Crippen molar-refractivity contribution in [1.82, 2.24) is 4.57 Å². The molecule has 4 rings (SSSR count). The fraction of sp³-hybridized carbons (Fsp3) is 0.125. The zero-order valence-corrected chi connectivity index (χ0v) is 18.7. The Morgan fingerprint density at radius 1 is 1.19 bits per heavy atom. The molecular formula is C24H16BrFN2O4. The molecule has 6 nitrogen and oxygen atoms in total. The standard InChI is InChI=1S/C24H16BrFN2O4/c1-12-18(10-27)23(30)28(11-14-3-6-16(26)7-4-14)24(31)20(12)21(29)22-13(2)17-9-15(25)5-8-19(17)32-22/h3-9,31H,11H2,1-2H3. The molecule has 2 aromatic carbocycles. The molecule has 1 N–H and O–H groups in total. The van der Waals surface area contributed by atoms with Crippen LogP contribution in [-0.4, -0.2) is 15.5 Å². The van der Waals surface area contributed by atoms with Crippen molar-refractivity contribution in [3.05, 3.63) is 96.7 Å². The summed E-state index contributed by atoms with van der Waals surface area (Å²) < 4.78 is 20.7. The smallest absolute Gasteiger partial charge is 0.271 e. The number of nitriles is 1. The second kappa shape index (κ2) is 8.09. The number of aryl methyl sites for hydroxylation is 1. The Hall–Kier alpha value is -3.70. The van der Waals surface area contributed by atoms with Crippen LogP contribution in [0.25, 0.3) is 11.0 Å². The van der Waals surface area contributed by atoms with E-state index in [1.54, 1.807) is 19.1 Å². The third-order valence-corrected chi connectivity index (χ3v) is 5.88. The molecule has 32 heavy (non-hydrogen) atoms. The Balaban J connectivity index is 1.91. The first-order valence-electron chi connectivity index (χ1n) is 9.57. The summed E-state index contributed by atoms with van der Waals surface area (Å²) in [6.45, 7) is 3.01. The molecular weight excluding hydrogens is 479 g/mol. The Morgan fingerprint density at radius 2 is 1.88 bits per heavy atom. The predicted molar refractivity (Wildman–Crippen MR) is 119 cm³/mol. The lowest BCUT2D eigenvalue weighted by Crippen LogP contribution is -2.27. The van der Waals surface area contributed by atoms with Gasteiger partial charge in [-0.15, -0.1) is 0 Å². The molecule has 0 aliphatic rings. The van der Waals surface area contributed by atoms with E-state index in [0.29, 0.717) is 16.7 Å². The zero-order chi connectivity index (χ0) is 23.2. The van der Waals surface area contributed by atoms with E-state index < -0.39 is 23.0 Å². The van der Waals surface area contributed by atoms with Gasteiger partial charge in [-0.05, 0) is 55.3 Å². The number of aromatic hydroxyl groups is 1. The minimum atomic E-state index is -0.742.